The van der Waals surface area contributed by atoms with E-state index in [0.717, 1.165) is 5.39 Å². The molecule has 2 bridgehead atoms. The van der Waals surface area contributed by atoms with Gasteiger partial charge in [-0.2, -0.15) is 0 Å². The minimum Gasteiger partial charge on any atom is -0.507 e. The maximum atomic E-state index is 15.2. The average molecular weight is 641 g/mol. The number of esters is 2. The lowest BCUT2D eigenvalue weighted by Gasteiger charge is -2.44. The van der Waals surface area contributed by atoms with Gasteiger partial charge in [-0.05, 0) is 65.8 Å². The molecule has 1 aliphatic heterocycles. The number of nitrogens with zero attached hydrogens (tertiary/aromatic N) is 2. The first-order valence-corrected chi connectivity index (χ1v) is 15.3. The molecule has 0 fully saturated rings. The fourth-order valence-corrected chi connectivity index (χ4v) is 8.64. The lowest BCUT2D eigenvalue weighted by Crippen LogP contribution is -2.55. The fourth-order valence-electron chi connectivity index (χ4n) is 8.64. The molecule has 11 heteroatoms. The van der Waals surface area contributed by atoms with Crippen molar-refractivity contribution in [2.24, 2.45) is 0 Å². The molecule has 2 aromatic heterocycles. The monoisotopic (exact) mass is 640 g/mol. The van der Waals surface area contributed by atoms with Crippen LogP contribution in [0.25, 0.3) is 38.1 Å². The highest BCUT2D eigenvalue weighted by molar-refractivity contribution is 6.20. The summed E-state index contributed by atoms with van der Waals surface area (Å²) in [5, 5.41) is 24.1. The van der Waals surface area contributed by atoms with Crippen molar-refractivity contribution in [2.45, 2.75) is 38.2 Å². The molecule has 3 atom stereocenters. The number of hydrogen-bond donors (Lipinski definition) is 2. The zero-order valence-electron chi connectivity index (χ0n) is 25.7. The molecule has 48 heavy (non-hydrogen) atoms. The predicted octanol–water partition coefficient (Wildman–Crippen LogP) is 4.20. The number of para-hydroxylation sites is 1. The Bertz CT molecular complexity index is 2670. The highest BCUT2D eigenvalue weighted by Gasteiger charge is 2.67. The van der Waals surface area contributed by atoms with E-state index in [9.17, 15) is 29.4 Å². The summed E-state index contributed by atoms with van der Waals surface area (Å²) in [5.74, 6) is -4.16. The summed E-state index contributed by atoms with van der Waals surface area (Å²) in [4.78, 5) is 74.0. The summed E-state index contributed by atoms with van der Waals surface area (Å²) in [5.41, 5.74) is -0.769. The van der Waals surface area contributed by atoms with Gasteiger partial charge in [-0.3, -0.25) is 28.7 Å². The van der Waals surface area contributed by atoms with E-state index in [0.29, 0.717) is 27.7 Å². The van der Waals surface area contributed by atoms with Gasteiger partial charge in [0.2, 0.25) is 5.88 Å². The number of aromatic hydroxyl groups is 2. The van der Waals surface area contributed by atoms with Crippen molar-refractivity contribution in [1.82, 2.24) is 9.55 Å². The van der Waals surface area contributed by atoms with E-state index in [4.69, 9.17) is 9.47 Å². The maximum absolute atomic E-state index is 15.2. The Morgan fingerprint density at radius 3 is 2.52 bits per heavy atom. The van der Waals surface area contributed by atoms with Gasteiger partial charge < -0.3 is 19.7 Å². The summed E-state index contributed by atoms with van der Waals surface area (Å²) < 4.78 is 12.9. The van der Waals surface area contributed by atoms with Crippen LogP contribution in [0, 0.1) is 13.8 Å². The third-order valence-electron chi connectivity index (χ3n) is 10.3. The molecular formula is C37H24N2O9. The number of benzene rings is 4. The Hall–Kier alpha value is -6.10. The number of cyclic esters (lactones) is 1. The van der Waals surface area contributed by atoms with E-state index < -0.39 is 64.3 Å². The number of aryl methyl sites for hydroxylation is 2. The Morgan fingerprint density at radius 1 is 0.979 bits per heavy atom. The lowest BCUT2D eigenvalue weighted by atomic mass is 9.63. The highest BCUT2D eigenvalue weighted by Crippen LogP contribution is 2.61. The first-order valence-electron chi connectivity index (χ1n) is 15.3. The van der Waals surface area contributed by atoms with Crippen LogP contribution in [0.3, 0.4) is 0 Å². The van der Waals surface area contributed by atoms with Crippen molar-refractivity contribution in [3.63, 3.8) is 0 Å². The van der Waals surface area contributed by atoms with Gasteiger partial charge in [-0.15, -0.1) is 0 Å². The van der Waals surface area contributed by atoms with Crippen LogP contribution in [0.15, 0.2) is 64.4 Å². The number of carbonyl (C=O) groups excluding carboxylic acids is 3. The highest BCUT2D eigenvalue weighted by atomic mass is 16.6. The molecule has 2 N–H and O–H groups in total. The minimum atomic E-state index is -1.66. The first kappa shape index (κ1) is 28.1. The van der Waals surface area contributed by atoms with E-state index >= 15 is 4.79 Å². The maximum Gasteiger partial charge on any atom is 0.342 e. The van der Waals surface area contributed by atoms with Gasteiger partial charge in [-0.25, -0.2) is 4.79 Å². The molecule has 0 unspecified atom stereocenters. The third kappa shape index (κ3) is 3.13. The van der Waals surface area contributed by atoms with Gasteiger partial charge in [0.05, 0.1) is 27.9 Å². The second kappa shape index (κ2) is 9.03. The molecule has 6 aromatic rings. The molecule has 0 saturated heterocycles. The molecular weight excluding hydrogens is 616 g/mol. The van der Waals surface area contributed by atoms with Crippen LogP contribution in [0.4, 0.5) is 0 Å². The summed E-state index contributed by atoms with van der Waals surface area (Å²) in [7, 11) is 0. The van der Waals surface area contributed by atoms with Gasteiger partial charge in [0, 0.05) is 46.6 Å². The molecule has 0 saturated carbocycles. The van der Waals surface area contributed by atoms with Crippen LogP contribution in [0.2, 0.25) is 0 Å². The smallest absolute Gasteiger partial charge is 0.342 e. The fraction of sp³-hybridized carbons (Fsp3) is 0.189. The number of Topliss-reactive ketones (excluding diaryl/α,β-unsaturated/α-hetero) is 1. The van der Waals surface area contributed by atoms with Crippen LogP contribution in [0.5, 0.6) is 11.6 Å². The second-order valence-electron chi connectivity index (χ2n) is 12.8. The zero-order chi connectivity index (χ0) is 33.5. The molecule has 4 aromatic carbocycles. The zero-order valence-corrected chi connectivity index (χ0v) is 25.7. The predicted molar refractivity (Wildman–Crippen MR) is 173 cm³/mol. The van der Waals surface area contributed by atoms with Gasteiger partial charge in [0.25, 0.3) is 0 Å². The molecule has 0 radical (unpaired) electrons. The van der Waals surface area contributed by atoms with Gasteiger partial charge in [-0.1, -0.05) is 18.2 Å². The van der Waals surface area contributed by atoms with E-state index in [-0.39, 0.29) is 44.0 Å². The van der Waals surface area contributed by atoms with E-state index in [1.807, 2.05) is 12.1 Å². The molecule has 3 aliphatic rings. The normalized spacial score (nSPS) is 20.6. The standard InChI is InChI=1S/C37H24N2O9/c1-14-10-20(41)25-24-18(12-39(35(25)45)19-8-4-6-17-7-5-9-38-31(17)19)32(43)30-27(22(14)24)28-33(44)23-15(2)11-21(42)26-29(23)37(30,13-47-36(26)46)34(28)48-16(3)40/h4-12,28,34,42,45H,13H2,1-3H3/t28-,34-,37-/m0/s1. The van der Waals surface area contributed by atoms with Gasteiger partial charge in [0.1, 0.15) is 24.0 Å². The van der Waals surface area contributed by atoms with E-state index in [1.54, 1.807) is 38.2 Å². The Labute approximate surface area is 269 Å². The second-order valence-corrected chi connectivity index (χ2v) is 12.8. The van der Waals surface area contributed by atoms with Crippen molar-refractivity contribution in [2.75, 3.05) is 6.61 Å². The molecule has 0 amide bonds. The average Bonchev–Trinajstić information content (AvgIpc) is 3.25. The largest absolute Gasteiger partial charge is 0.507 e. The van der Waals surface area contributed by atoms with Crippen molar-refractivity contribution in [1.29, 1.82) is 0 Å². The number of ketones is 1. The van der Waals surface area contributed by atoms with E-state index in [1.165, 1.54) is 29.8 Å². The molecule has 9 rings (SSSR count). The van der Waals surface area contributed by atoms with Crippen molar-refractivity contribution in [3.05, 3.63) is 114 Å². The number of ether oxygens (including phenoxy) is 2. The first-order chi connectivity index (χ1) is 23.0. The van der Waals surface area contributed by atoms with Crippen molar-refractivity contribution in [3.8, 4) is 17.3 Å². The number of hydrogen-bond acceptors (Lipinski definition) is 10. The van der Waals surface area contributed by atoms with Crippen LogP contribution in [0.1, 0.15) is 61.4 Å². The quantitative estimate of drug-likeness (QED) is 0.262. The number of aromatic nitrogens is 2. The number of carbonyl (C=O) groups is 3. The van der Waals surface area contributed by atoms with Crippen molar-refractivity contribution < 1.29 is 34.1 Å². The van der Waals surface area contributed by atoms with Gasteiger partial charge in [0.15, 0.2) is 16.6 Å². The number of phenols is 1. The molecule has 11 nitrogen and oxygen atoms in total. The van der Waals surface area contributed by atoms with Crippen molar-refractivity contribution >= 4 is 50.2 Å². The summed E-state index contributed by atoms with van der Waals surface area (Å²) >= 11 is 0. The topological polar surface area (TPSA) is 162 Å². The number of fused-ring (bicyclic) bond motifs is 5. The van der Waals surface area contributed by atoms with Crippen LogP contribution >= 0.6 is 0 Å². The molecule has 3 heterocycles. The third-order valence-corrected chi connectivity index (χ3v) is 10.3. The summed E-state index contributed by atoms with van der Waals surface area (Å²) in [6.45, 7) is 4.04. The summed E-state index contributed by atoms with van der Waals surface area (Å²) in [6.07, 6.45) is 1.73. The SMILES string of the molecule is CC(=O)O[C@H]1[C@@H]2C(=O)c3c(C)cc(O)c4c3[C@@]1(COC4=O)c1c2c2c(C)cc(=O)c3c(O)n(-c4cccc5cccnc45)cc(c1=O)c23. The van der Waals surface area contributed by atoms with Crippen LogP contribution in [-0.2, 0) is 19.7 Å². The lowest BCUT2D eigenvalue weighted by molar-refractivity contribution is -0.150. The van der Waals surface area contributed by atoms with E-state index in [2.05, 4.69) is 4.98 Å². The number of phenolic OH excluding ortho intramolecular Hbond substituents is 1. The molecule has 1 spiro atoms. The Morgan fingerprint density at radius 2 is 1.75 bits per heavy atom. The van der Waals surface area contributed by atoms with Crippen LogP contribution in [-0.4, -0.2) is 50.2 Å². The van der Waals surface area contributed by atoms with Gasteiger partial charge >= 0.3 is 11.9 Å². The number of pyridine rings is 2. The Balaban J connectivity index is 1.52. The van der Waals surface area contributed by atoms with Crippen LogP contribution < -0.4 is 10.9 Å². The summed E-state index contributed by atoms with van der Waals surface area (Å²) in [6, 6.07) is 11.6. The molecule has 2 aliphatic carbocycles. The number of rotatable bonds is 2. The molecule has 236 valence electrons. The minimum absolute atomic E-state index is 0.0538. The Kier molecular flexibility index (Phi) is 5.30.